The van der Waals surface area contributed by atoms with Gasteiger partial charge in [0, 0.05) is 50.4 Å². The van der Waals surface area contributed by atoms with Crippen molar-refractivity contribution in [1.29, 1.82) is 0 Å². The SMILES string of the molecule is CCCCOc1cc(CN(CC(C)(C)C)C2CC2)c(N(C)C)c2c1C(O)=C1C(=O)[C@]3(O[Si](C)(C)C(C)(C)C)C(=O)c4c(OCCCC)noc4[C@@H](N(C)C)[C@@H]3C[C@@H]1C2. The van der Waals surface area contributed by atoms with Crippen molar-refractivity contribution in [3.63, 3.8) is 0 Å². The third kappa shape index (κ3) is 8.04. The number of carbonyl (C=O) groups is 2. The van der Waals surface area contributed by atoms with Crippen molar-refractivity contribution in [3.8, 4) is 11.6 Å². The topological polar surface area (TPSA) is 118 Å². The van der Waals surface area contributed by atoms with Crippen molar-refractivity contribution in [3.05, 3.63) is 39.7 Å². The van der Waals surface area contributed by atoms with Gasteiger partial charge in [-0.25, -0.2) is 0 Å². The number of anilines is 1. The molecule has 0 spiro atoms. The van der Waals surface area contributed by atoms with E-state index in [1.807, 2.05) is 19.0 Å². The number of ether oxygens (including phenoxy) is 2. The molecule has 0 aliphatic heterocycles. The van der Waals surface area contributed by atoms with Gasteiger partial charge in [0.15, 0.2) is 19.7 Å². The molecule has 4 aliphatic carbocycles. The molecule has 0 amide bonds. The maximum Gasteiger partial charge on any atom is 0.265 e. The minimum Gasteiger partial charge on any atom is -0.507 e. The summed E-state index contributed by atoms with van der Waals surface area (Å²) in [4.78, 5) is 38.2. The number of nitrogens with zero attached hydrogens (tertiary/aromatic N) is 4. The van der Waals surface area contributed by atoms with Crippen LogP contribution in [-0.2, 0) is 22.2 Å². The average Bonchev–Trinajstić information content (AvgIpc) is 3.88. The highest BCUT2D eigenvalue weighted by atomic mass is 28.4. The first-order chi connectivity index (χ1) is 27.1. The summed E-state index contributed by atoms with van der Waals surface area (Å²) < 4.78 is 26.1. The third-order valence-corrected chi connectivity index (χ3v) is 17.6. The van der Waals surface area contributed by atoms with Crippen molar-refractivity contribution < 1.29 is 33.1 Å². The normalized spacial score (nSPS) is 23.6. The zero-order valence-corrected chi connectivity index (χ0v) is 39.1. The van der Waals surface area contributed by atoms with E-state index in [2.05, 4.69) is 104 Å². The fraction of sp³-hybridized carbons (Fsp3) is 0.717. The summed E-state index contributed by atoms with van der Waals surface area (Å²) in [5, 5.41) is 16.8. The number of Topliss-reactive ketones (excluding diaryl/α,β-unsaturated/α-hetero) is 2. The number of aliphatic hydroxyl groups excluding tert-OH is 1. The van der Waals surface area contributed by atoms with Gasteiger partial charge in [0.2, 0.25) is 11.6 Å². The van der Waals surface area contributed by atoms with Crippen LogP contribution in [0.15, 0.2) is 16.2 Å². The largest absolute Gasteiger partial charge is 0.507 e. The molecule has 4 atom stereocenters. The highest BCUT2D eigenvalue weighted by molar-refractivity contribution is 6.74. The predicted octanol–water partition coefficient (Wildman–Crippen LogP) is 9.40. The minimum atomic E-state index is -2.85. The van der Waals surface area contributed by atoms with Crippen LogP contribution in [0.1, 0.15) is 139 Å². The van der Waals surface area contributed by atoms with Crippen LogP contribution in [0.4, 0.5) is 5.69 Å². The molecule has 2 aromatic rings. The van der Waals surface area contributed by atoms with Crippen LogP contribution in [0.5, 0.6) is 11.6 Å². The van der Waals surface area contributed by atoms with Gasteiger partial charge in [-0.1, -0.05) is 68.2 Å². The van der Waals surface area contributed by atoms with E-state index in [0.717, 1.165) is 55.6 Å². The summed E-state index contributed by atoms with van der Waals surface area (Å²) in [7, 11) is 5.18. The molecular weight excluding hydrogens is 749 g/mol. The lowest BCUT2D eigenvalue weighted by Gasteiger charge is -2.55. The van der Waals surface area contributed by atoms with Crippen LogP contribution in [0.25, 0.3) is 5.76 Å². The second-order valence-corrected chi connectivity index (χ2v) is 25.4. The monoisotopic (exact) mass is 821 g/mol. The highest BCUT2D eigenvalue weighted by Gasteiger charge is 2.69. The third-order valence-electron chi connectivity index (χ3n) is 13.2. The van der Waals surface area contributed by atoms with E-state index in [1.165, 1.54) is 12.8 Å². The summed E-state index contributed by atoms with van der Waals surface area (Å²) in [5.74, 6) is -0.968. The van der Waals surface area contributed by atoms with Gasteiger partial charge >= 0.3 is 0 Å². The molecule has 1 heterocycles. The Hall–Kier alpha value is -3.19. The lowest BCUT2D eigenvalue weighted by molar-refractivity contribution is -0.140. The summed E-state index contributed by atoms with van der Waals surface area (Å²) in [6.45, 7) is 24.1. The fourth-order valence-corrected chi connectivity index (χ4v) is 10.8. The number of aromatic nitrogens is 1. The molecule has 11 nitrogen and oxygen atoms in total. The smallest absolute Gasteiger partial charge is 0.265 e. The highest BCUT2D eigenvalue weighted by Crippen LogP contribution is 2.60. The molecule has 2 fully saturated rings. The van der Waals surface area contributed by atoms with Crippen LogP contribution < -0.4 is 14.4 Å². The Bertz CT molecular complexity index is 1900. The van der Waals surface area contributed by atoms with E-state index in [1.54, 1.807) is 0 Å². The number of fused-ring (bicyclic) bond motifs is 4. The fourth-order valence-electron chi connectivity index (χ4n) is 9.35. The standard InChI is InChI=1S/C46H72N4O7Si/c1-15-17-21-54-33-25-29(26-50(30-19-20-30)27-44(3,4)5)37(48(9)10)31-23-28-24-32-38(49(11)12)40-36(43(47-56-40)55-22-18-16-2)42(53)46(32,57-58(13,14)45(6,7)8)41(52)34(28)39(51)35(31)33/h25,28,30,32,38,51H,15-24,26-27H2,1-14H3/t28-,32-,38-,46-/m0/s1. The van der Waals surface area contributed by atoms with Gasteiger partial charge in [-0.3, -0.25) is 19.4 Å². The Morgan fingerprint density at radius 3 is 2.14 bits per heavy atom. The summed E-state index contributed by atoms with van der Waals surface area (Å²) >= 11 is 0. The molecule has 12 heteroatoms. The van der Waals surface area contributed by atoms with Crippen LogP contribution in [0, 0.1) is 17.3 Å². The summed E-state index contributed by atoms with van der Waals surface area (Å²) in [6, 6.07) is 2.14. The van der Waals surface area contributed by atoms with Gasteiger partial charge in [0.05, 0.1) is 24.8 Å². The van der Waals surface area contributed by atoms with Gasteiger partial charge < -0.3 is 28.4 Å². The first-order valence-electron chi connectivity index (χ1n) is 21.8. The Labute approximate surface area is 348 Å². The predicted molar refractivity (Wildman–Crippen MR) is 233 cm³/mol. The number of carbonyl (C=O) groups excluding carboxylic acids is 2. The Kier molecular flexibility index (Phi) is 12.5. The van der Waals surface area contributed by atoms with Crippen LogP contribution in [0.2, 0.25) is 18.1 Å². The second-order valence-electron chi connectivity index (χ2n) is 20.6. The van der Waals surface area contributed by atoms with Gasteiger partial charge in [-0.2, -0.15) is 0 Å². The zero-order chi connectivity index (χ0) is 42.7. The van der Waals surface area contributed by atoms with Crippen molar-refractivity contribution in [2.24, 2.45) is 17.3 Å². The van der Waals surface area contributed by atoms with E-state index in [9.17, 15) is 5.11 Å². The van der Waals surface area contributed by atoms with Crippen molar-refractivity contribution in [2.45, 2.75) is 149 Å². The van der Waals surface area contributed by atoms with E-state index in [-0.39, 0.29) is 39.1 Å². The average molecular weight is 821 g/mol. The molecule has 322 valence electrons. The molecule has 0 bridgehead atoms. The number of hydrogen-bond donors (Lipinski definition) is 1. The number of aliphatic hydroxyl groups is 1. The van der Waals surface area contributed by atoms with Gasteiger partial charge in [0.25, 0.3) is 5.88 Å². The molecule has 0 radical (unpaired) electrons. The van der Waals surface area contributed by atoms with Gasteiger partial charge in [0.1, 0.15) is 17.1 Å². The Balaban J connectivity index is 1.59. The Morgan fingerprint density at radius 2 is 1.59 bits per heavy atom. The number of rotatable bonds is 16. The molecule has 58 heavy (non-hydrogen) atoms. The first kappa shape index (κ1) is 44.4. The molecule has 0 unspecified atom stereocenters. The van der Waals surface area contributed by atoms with E-state index in [4.69, 9.17) is 18.4 Å². The van der Waals surface area contributed by atoms with Crippen LogP contribution >= 0.6 is 0 Å². The van der Waals surface area contributed by atoms with Crippen molar-refractivity contribution in [1.82, 2.24) is 15.0 Å². The summed E-state index contributed by atoms with van der Waals surface area (Å²) in [5.41, 5.74) is 2.37. The Morgan fingerprint density at radius 1 is 0.948 bits per heavy atom. The number of unbranched alkanes of at least 4 members (excludes halogenated alkanes) is 2. The molecular formula is C46H72N4O7Si. The molecule has 2 saturated carbocycles. The van der Waals surface area contributed by atoms with Crippen molar-refractivity contribution in [2.75, 3.05) is 52.8 Å². The lowest BCUT2D eigenvalue weighted by Crippen LogP contribution is -2.68. The number of hydrogen-bond acceptors (Lipinski definition) is 11. The van der Waals surface area contributed by atoms with Gasteiger partial charge in [-0.15, -0.1) is 0 Å². The molecule has 1 N–H and O–H groups in total. The summed E-state index contributed by atoms with van der Waals surface area (Å²) in [6.07, 6.45) is 6.80. The lowest BCUT2D eigenvalue weighted by atomic mass is 9.57. The van der Waals surface area contributed by atoms with Crippen LogP contribution in [0.3, 0.4) is 0 Å². The number of benzene rings is 1. The molecule has 4 aliphatic rings. The second kappa shape index (κ2) is 16.3. The van der Waals surface area contributed by atoms with E-state index in [0.29, 0.717) is 49.2 Å². The van der Waals surface area contributed by atoms with Crippen LogP contribution in [-0.4, -0.2) is 99.5 Å². The van der Waals surface area contributed by atoms with Crippen molar-refractivity contribution >= 4 is 31.3 Å². The molecule has 0 saturated heterocycles. The molecule has 1 aromatic heterocycles. The zero-order valence-electron chi connectivity index (χ0n) is 38.1. The molecule has 6 rings (SSSR count). The van der Waals surface area contributed by atoms with E-state index >= 15 is 9.59 Å². The maximum absolute atomic E-state index is 15.9. The van der Waals surface area contributed by atoms with Gasteiger partial charge in [-0.05, 0) is 104 Å². The minimum absolute atomic E-state index is 0.0977. The molecule has 1 aromatic carbocycles. The maximum atomic E-state index is 15.9. The van der Waals surface area contributed by atoms with E-state index < -0.39 is 37.4 Å². The number of ketones is 2. The quantitative estimate of drug-likeness (QED) is 0.0992. The first-order valence-corrected chi connectivity index (χ1v) is 24.7.